The molecular weight excluding hydrogens is 405 g/mol. The van der Waals surface area contributed by atoms with Gasteiger partial charge in [0.25, 0.3) is 0 Å². The van der Waals surface area contributed by atoms with E-state index in [1.165, 1.54) is 0 Å². The van der Waals surface area contributed by atoms with Gasteiger partial charge in [0.15, 0.2) is 0 Å². The summed E-state index contributed by atoms with van der Waals surface area (Å²) in [5.41, 5.74) is 3.39. The molecule has 1 unspecified atom stereocenters. The molecular formula is C24H19Cl2NO2. The van der Waals surface area contributed by atoms with Gasteiger partial charge >= 0.3 is 5.97 Å². The second-order valence-corrected chi connectivity index (χ2v) is 8.18. The van der Waals surface area contributed by atoms with Gasteiger partial charge in [0.1, 0.15) is 11.8 Å². The molecule has 3 nitrogen and oxygen atoms in total. The summed E-state index contributed by atoms with van der Waals surface area (Å²) in [6, 6.07) is 28.5. The Balaban J connectivity index is 1.99. The second-order valence-electron chi connectivity index (χ2n) is 6.79. The molecule has 1 atom stereocenters. The summed E-state index contributed by atoms with van der Waals surface area (Å²) >= 11 is 13.4. The molecule has 0 bridgehead atoms. The van der Waals surface area contributed by atoms with Crippen molar-refractivity contribution in [3.8, 4) is 0 Å². The Morgan fingerprint density at radius 2 is 1.24 bits per heavy atom. The Labute approximate surface area is 180 Å². The number of carbonyl (C=O) groups is 1. The van der Waals surface area contributed by atoms with Gasteiger partial charge < -0.3 is 9.64 Å². The number of benzene rings is 3. The van der Waals surface area contributed by atoms with E-state index in [2.05, 4.69) is 0 Å². The van der Waals surface area contributed by atoms with E-state index in [0.717, 1.165) is 22.5 Å². The third-order valence-corrected chi connectivity index (χ3v) is 5.65. The van der Waals surface area contributed by atoms with Crippen molar-refractivity contribution in [1.82, 2.24) is 0 Å². The normalized spacial score (nSPS) is 18.3. The van der Waals surface area contributed by atoms with Crippen molar-refractivity contribution in [2.75, 3.05) is 4.90 Å². The van der Waals surface area contributed by atoms with Crippen LogP contribution in [0.15, 0.2) is 96.8 Å². The largest absolute Gasteiger partial charge is 0.429 e. The van der Waals surface area contributed by atoms with E-state index in [-0.39, 0.29) is 0 Å². The first kappa shape index (κ1) is 19.6. The van der Waals surface area contributed by atoms with Crippen LogP contribution in [0.3, 0.4) is 0 Å². The number of para-hydroxylation sites is 2. The van der Waals surface area contributed by atoms with Crippen molar-refractivity contribution in [3.05, 3.63) is 102 Å². The smallest absolute Gasteiger partial charge is 0.350 e. The van der Waals surface area contributed by atoms with Gasteiger partial charge in [0.05, 0.1) is 0 Å². The number of allylic oxidation sites excluding steroid dienone is 1. The quantitative estimate of drug-likeness (QED) is 0.361. The predicted octanol–water partition coefficient (Wildman–Crippen LogP) is 6.36. The van der Waals surface area contributed by atoms with Gasteiger partial charge in [-0.15, -0.1) is 0 Å². The molecule has 0 spiro atoms. The minimum absolute atomic E-state index is 0.486. The van der Waals surface area contributed by atoms with Gasteiger partial charge in [-0.1, -0.05) is 89.9 Å². The fraction of sp³-hybridized carbons (Fsp3) is 0.125. The summed E-state index contributed by atoms with van der Waals surface area (Å²) in [4.78, 5) is 14.7. The van der Waals surface area contributed by atoms with E-state index in [1.54, 1.807) is 6.92 Å². The molecule has 29 heavy (non-hydrogen) atoms. The zero-order valence-electron chi connectivity index (χ0n) is 15.8. The Bertz CT molecular complexity index is 995. The molecule has 0 aromatic heterocycles. The molecule has 0 radical (unpaired) electrons. The van der Waals surface area contributed by atoms with Crippen molar-refractivity contribution < 1.29 is 9.53 Å². The minimum Gasteiger partial charge on any atom is -0.429 e. The monoisotopic (exact) mass is 423 g/mol. The zero-order valence-corrected chi connectivity index (χ0v) is 17.3. The molecule has 3 aromatic carbocycles. The average molecular weight is 424 g/mol. The van der Waals surface area contributed by atoms with E-state index in [9.17, 15) is 4.79 Å². The molecule has 1 aliphatic rings. The molecule has 4 rings (SSSR count). The highest BCUT2D eigenvalue weighted by Crippen LogP contribution is 2.47. The maximum atomic E-state index is 12.7. The number of halogens is 2. The van der Waals surface area contributed by atoms with Crippen LogP contribution in [0.5, 0.6) is 0 Å². The molecule has 0 saturated heterocycles. The number of hydrogen-bond acceptors (Lipinski definition) is 3. The molecule has 0 aliphatic carbocycles. The molecule has 1 aliphatic heterocycles. The Morgan fingerprint density at radius 3 is 1.72 bits per heavy atom. The highest BCUT2D eigenvalue weighted by atomic mass is 35.5. The fourth-order valence-electron chi connectivity index (χ4n) is 3.64. The van der Waals surface area contributed by atoms with Crippen LogP contribution in [0.2, 0.25) is 0 Å². The zero-order chi connectivity index (χ0) is 20.4. The Kier molecular flexibility index (Phi) is 5.35. The second kappa shape index (κ2) is 7.94. The summed E-state index contributed by atoms with van der Waals surface area (Å²) < 4.78 is 3.66. The number of ether oxygens (including phenoxy) is 1. The number of cyclic esters (lactones) is 1. The van der Waals surface area contributed by atoms with Crippen LogP contribution < -0.4 is 4.90 Å². The molecule has 0 amide bonds. The number of alkyl halides is 2. The van der Waals surface area contributed by atoms with Gasteiger partial charge in [-0.05, 0) is 36.8 Å². The lowest BCUT2D eigenvalue weighted by molar-refractivity contribution is -0.141. The third-order valence-electron chi connectivity index (χ3n) is 4.93. The molecule has 0 saturated carbocycles. The molecule has 1 heterocycles. The first-order valence-electron chi connectivity index (χ1n) is 9.26. The molecule has 5 heteroatoms. The predicted molar refractivity (Wildman–Crippen MR) is 118 cm³/mol. The Hall–Kier alpha value is -2.75. The number of carbonyl (C=O) groups excluding carboxylic acids is 1. The van der Waals surface area contributed by atoms with E-state index >= 15 is 0 Å². The number of hydrogen-bond donors (Lipinski definition) is 0. The van der Waals surface area contributed by atoms with Crippen molar-refractivity contribution >= 4 is 46.1 Å². The van der Waals surface area contributed by atoms with Crippen molar-refractivity contribution in [2.45, 2.75) is 17.3 Å². The van der Waals surface area contributed by atoms with Gasteiger partial charge in [-0.25, -0.2) is 4.79 Å². The molecule has 3 aromatic rings. The van der Waals surface area contributed by atoms with E-state index in [0.29, 0.717) is 5.76 Å². The number of esters is 1. The summed E-state index contributed by atoms with van der Waals surface area (Å²) in [5, 5.41) is 0. The van der Waals surface area contributed by atoms with Crippen molar-refractivity contribution in [3.63, 3.8) is 0 Å². The van der Waals surface area contributed by atoms with E-state index < -0.39 is 16.3 Å². The van der Waals surface area contributed by atoms with Crippen LogP contribution in [0.1, 0.15) is 12.5 Å². The van der Waals surface area contributed by atoms with Crippen molar-refractivity contribution in [1.29, 1.82) is 0 Å². The lowest BCUT2D eigenvalue weighted by atomic mass is 9.90. The van der Waals surface area contributed by atoms with E-state index in [1.807, 2.05) is 95.9 Å². The van der Waals surface area contributed by atoms with Crippen molar-refractivity contribution in [2.24, 2.45) is 0 Å². The lowest BCUT2D eigenvalue weighted by Gasteiger charge is -2.43. The number of anilines is 2. The van der Waals surface area contributed by atoms with Gasteiger partial charge in [-0.2, -0.15) is 0 Å². The summed E-state index contributed by atoms with van der Waals surface area (Å²) in [5.74, 6) is -0.195. The van der Waals surface area contributed by atoms with Crippen LogP contribution in [-0.2, 0) is 9.53 Å². The third kappa shape index (κ3) is 3.64. The molecule has 0 fully saturated rings. The van der Waals surface area contributed by atoms with Crippen LogP contribution in [-0.4, -0.2) is 16.3 Å². The highest BCUT2D eigenvalue weighted by molar-refractivity contribution is 6.59. The van der Waals surface area contributed by atoms with Crippen LogP contribution in [0.4, 0.5) is 11.4 Å². The van der Waals surface area contributed by atoms with Crippen LogP contribution in [0, 0.1) is 0 Å². The van der Waals surface area contributed by atoms with Gasteiger partial charge in [0.2, 0.25) is 4.33 Å². The van der Waals surface area contributed by atoms with Gasteiger partial charge in [0, 0.05) is 16.9 Å². The maximum absolute atomic E-state index is 12.7. The van der Waals surface area contributed by atoms with Crippen LogP contribution in [0.25, 0.3) is 5.57 Å². The summed E-state index contributed by atoms with van der Waals surface area (Å²) in [6.45, 7) is 1.77. The number of rotatable bonds is 4. The lowest BCUT2D eigenvalue weighted by Crippen LogP contribution is -2.53. The number of nitrogens with zero attached hydrogens (tertiary/aromatic N) is 1. The van der Waals surface area contributed by atoms with Gasteiger partial charge in [-0.3, -0.25) is 0 Å². The summed E-state index contributed by atoms with van der Waals surface area (Å²) in [7, 11) is 0. The topological polar surface area (TPSA) is 29.5 Å². The average Bonchev–Trinajstić information content (AvgIpc) is 2.74. The van der Waals surface area contributed by atoms with Crippen LogP contribution >= 0.6 is 23.2 Å². The maximum Gasteiger partial charge on any atom is 0.350 e. The minimum atomic E-state index is -1.81. The van der Waals surface area contributed by atoms with E-state index in [4.69, 9.17) is 27.9 Å². The first-order chi connectivity index (χ1) is 14.0. The standard InChI is InChI=1S/C24H19Cl2NO2/c1-17-21(18-11-5-2-6-12-18)22(24(25,26)23(28)29-17)27(19-13-7-3-8-14-19)20-15-9-4-10-16-20/h2-16,22H,1H3. The highest BCUT2D eigenvalue weighted by Gasteiger charge is 2.53. The molecule has 0 N–H and O–H groups in total. The first-order valence-corrected chi connectivity index (χ1v) is 10.0. The summed E-state index contributed by atoms with van der Waals surface area (Å²) in [6.07, 6.45) is 0. The fourth-order valence-corrected chi connectivity index (χ4v) is 4.13. The Morgan fingerprint density at radius 1 is 0.793 bits per heavy atom. The SMILES string of the molecule is CC1=C(c2ccccc2)C(N(c2ccccc2)c2ccccc2)C(Cl)(Cl)C(=O)O1. The molecule has 146 valence electrons.